The zero-order valence-corrected chi connectivity index (χ0v) is 19.6. The second-order valence-corrected chi connectivity index (χ2v) is 7.69. The first-order valence-corrected chi connectivity index (χ1v) is 11.0. The van der Waals surface area contributed by atoms with E-state index in [1.165, 1.54) is 0 Å². The monoisotopic (exact) mass is 482 g/mol. The van der Waals surface area contributed by atoms with E-state index in [9.17, 15) is 4.79 Å². The standard InChI is InChI=1S/C26H22N6O4/c1-34-19-13-20(35-2)15-21(14-19)36-16-25(33)28-18-7-5-6-17(12-18)22-9-10-24-29-30-26(32(24)31-22)23-8-3-4-11-27-23/h3-15H,16H2,1-2H3,(H,28,33). The van der Waals surface area contributed by atoms with Crippen molar-refractivity contribution in [2.45, 2.75) is 0 Å². The van der Waals surface area contributed by atoms with Gasteiger partial charge in [-0.2, -0.15) is 9.61 Å². The van der Waals surface area contributed by atoms with Crippen LogP contribution in [0.15, 0.2) is 79.0 Å². The first-order chi connectivity index (χ1) is 17.6. The Balaban J connectivity index is 1.32. The van der Waals surface area contributed by atoms with E-state index in [4.69, 9.17) is 19.3 Å². The summed E-state index contributed by atoms with van der Waals surface area (Å²) in [6, 6.07) is 21.7. The summed E-state index contributed by atoms with van der Waals surface area (Å²) in [5, 5.41) is 16.0. The van der Waals surface area contributed by atoms with Gasteiger partial charge in [0.15, 0.2) is 12.3 Å². The molecule has 0 spiro atoms. The SMILES string of the molecule is COc1cc(OC)cc(OCC(=O)Nc2cccc(-c3ccc4nnc(-c5ccccn5)n4n3)c2)c1. The number of aromatic nitrogens is 5. The van der Waals surface area contributed by atoms with Crippen LogP contribution < -0.4 is 19.5 Å². The van der Waals surface area contributed by atoms with Crippen molar-refractivity contribution in [1.29, 1.82) is 0 Å². The molecule has 0 aliphatic heterocycles. The average molecular weight is 483 g/mol. The van der Waals surface area contributed by atoms with Gasteiger partial charge in [-0.15, -0.1) is 10.2 Å². The van der Waals surface area contributed by atoms with Crippen LogP contribution in [0.25, 0.3) is 28.4 Å². The number of rotatable bonds is 8. The van der Waals surface area contributed by atoms with Gasteiger partial charge in [-0.05, 0) is 36.4 Å². The predicted molar refractivity (Wildman–Crippen MR) is 133 cm³/mol. The Morgan fingerprint density at radius 2 is 1.67 bits per heavy atom. The van der Waals surface area contributed by atoms with E-state index in [0.717, 1.165) is 5.56 Å². The lowest BCUT2D eigenvalue weighted by Gasteiger charge is -2.11. The average Bonchev–Trinajstić information content (AvgIpc) is 3.35. The van der Waals surface area contributed by atoms with Crippen molar-refractivity contribution in [2.75, 3.05) is 26.1 Å². The summed E-state index contributed by atoms with van der Waals surface area (Å²) in [4.78, 5) is 16.9. The summed E-state index contributed by atoms with van der Waals surface area (Å²) in [7, 11) is 3.10. The topological polar surface area (TPSA) is 113 Å². The number of methoxy groups -OCH3 is 2. The minimum Gasteiger partial charge on any atom is -0.496 e. The van der Waals surface area contributed by atoms with E-state index in [2.05, 4.69) is 20.5 Å². The molecule has 1 amide bonds. The van der Waals surface area contributed by atoms with Crippen LogP contribution in [0.1, 0.15) is 0 Å². The lowest BCUT2D eigenvalue weighted by molar-refractivity contribution is -0.118. The molecule has 3 heterocycles. The van der Waals surface area contributed by atoms with Crippen LogP contribution in [0.3, 0.4) is 0 Å². The molecule has 10 heteroatoms. The summed E-state index contributed by atoms with van der Waals surface area (Å²) in [5.41, 5.74) is 3.39. The number of anilines is 1. The molecule has 1 N–H and O–H groups in total. The van der Waals surface area contributed by atoms with Crippen LogP contribution in [-0.2, 0) is 4.79 Å². The highest BCUT2D eigenvalue weighted by molar-refractivity contribution is 5.92. The van der Waals surface area contributed by atoms with E-state index in [0.29, 0.717) is 45.8 Å². The Morgan fingerprint density at radius 1 is 0.861 bits per heavy atom. The van der Waals surface area contributed by atoms with Crippen molar-refractivity contribution < 1.29 is 19.0 Å². The molecule has 5 aromatic rings. The van der Waals surface area contributed by atoms with E-state index in [1.54, 1.807) is 49.2 Å². The van der Waals surface area contributed by atoms with Gasteiger partial charge in [-0.1, -0.05) is 18.2 Å². The number of amides is 1. The number of ether oxygens (including phenoxy) is 3. The van der Waals surface area contributed by atoms with Crippen molar-refractivity contribution in [1.82, 2.24) is 24.8 Å². The summed E-state index contributed by atoms with van der Waals surface area (Å²) in [6.07, 6.45) is 1.70. The van der Waals surface area contributed by atoms with Gasteiger partial charge in [0.1, 0.15) is 22.9 Å². The number of hydrogen-bond acceptors (Lipinski definition) is 8. The number of nitrogens with zero attached hydrogens (tertiary/aromatic N) is 5. The van der Waals surface area contributed by atoms with E-state index in [1.807, 2.05) is 48.5 Å². The van der Waals surface area contributed by atoms with Gasteiger partial charge in [0, 0.05) is 35.6 Å². The highest BCUT2D eigenvalue weighted by atomic mass is 16.5. The van der Waals surface area contributed by atoms with Crippen molar-refractivity contribution in [3.8, 4) is 40.0 Å². The maximum Gasteiger partial charge on any atom is 0.262 e. The molecule has 0 aliphatic carbocycles. The van der Waals surface area contributed by atoms with Crippen molar-refractivity contribution in [3.63, 3.8) is 0 Å². The first kappa shape index (κ1) is 22.8. The highest BCUT2D eigenvalue weighted by Crippen LogP contribution is 2.27. The predicted octanol–water partition coefficient (Wildman–Crippen LogP) is 3.89. The number of nitrogens with one attached hydrogen (secondary N) is 1. The Bertz CT molecular complexity index is 1500. The number of benzene rings is 2. The molecule has 0 bridgehead atoms. The fraction of sp³-hybridized carbons (Fsp3) is 0.115. The number of fused-ring (bicyclic) bond motifs is 1. The fourth-order valence-corrected chi connectivity index (χ4v) is 3.56. The maximum atomic E-state index is 12.5. The zero-order valence-electron chi connectivity index (χ0n) is 19.6. The first-order valence-electron chi connectivity index (χ1n) is 11.0. The molecule has 36 heavy (non-hydrogen) atoms. The van der Waals surface area contributed by atoms with E-state index >= 15 is 0 Å². The van der Waals surface area contributed by atoms with Crippen LogP contribution in [0, 0.1) is 0 Å². The van der Waals surface area contributed by atoms with Gasteiger partial charge in [0.05, 0.1) is 19.9 Å². The third kappa shape index (κ3) is 4.92. The summed E-state index contributed by atoms with van der Waals surface area (Å²) >= 11 is 0. The minimum absolute atomic E-state index is 0.182. The molecular weight excluding hydrogens is 460 g/mol. The number of carbonyl (C=O) groups is 1. The molecule has 0 aliphatic rings. The normalized spacial score (nSPS) is 10.7. The molecule has 3 aromatic heterocycles. The van der Waals surface area contributed by atoms with Gasteiger partial charge in [0.2, 0.25) is 5.82 Å². The van der Waals surface area contributed by atoms with E-state index < -0.39 is 0 Å². The molecule has 5 rings (SSSR count). The van der Waals surface area contributed by atoms with E-state index in [-0.39, 0.29) is 12.5 Å². The van der Waals surface area contributed by atoms with Crippen molar-refractivity contribution in [2.24, 2.45) is 0 Å². The molecule has 0 saturated heterocycles. The van der Waals surface area contributed by atoms with Crippen LogP contribution in [0.2, 0.25) is 0 Å². The van der Waals surface area contributed by atoms with Crippen LogP contribution in [0.4, 0.5) is 5.69 Å². The molecule has 0 fully saturated rings. The zero-order chi connectivity index (χ0) is 24.9. The highest BCUT2D eigenvalue weighted by Gasteiger charge is 2.12. The molecule has 180 valence electrons. The second kappa shape index (κ2) is 10.1. The second-order valence-electron chi connectivity index (χ2n) is 7.69. The molecule has 0 saturated carbocycles. The van der Waals surface area contributed by atoms with Gasteiger partial charge in [-0.3, -0.25) is 9.78 Å². The molecule has 0 radical (unpaired) electrons. The third-order valence-electron chi connectivity index (χ3n) is 5.29. The summed E-state index contributed by atoms with van der Waals surface area (Å²) < 4.78 is 17.7. The quantitative estimate of drug-likeness (QED) is 0.355. The Kier molecular flexibility index (Phi) is 6.39. The largest absolute Gasteiger partial charge is 0.496 e. The number of hydrogen-bond donors (Lipinski definition) is 1. The Hall–Kier alpha value is -4.99. The summed E-state index contributed by atoms with van der Waals surface area (Å²) in [5.74, 6) is 1.84. The lowest BCUT2D eigenvalue weighted by atomic mass is 10.1. The Labute approximate surface area is 206 Å². The molecule has 0 atom stereocenters. The molecule has 0 unspecified atom stereocenters. The Morgan fingerprint density at radius 3 is 2.42 bits per heavy atom. The van der Waals surface area contributed by atoms with Gasteiger partial charge >= 0.3 is 0 Å². The lowest BCUT2D eigenvalue weighted by Crippen LogP contribution is -2.20. The van der Waals surface area contributed by atoms with Crippen LogP contribution in [-0.4, -0.2) is 51.5 Å². The maximum absolute atomic E-state index is 12.5. The van der Waals surface area contributed by atoms with Gasteiger partial charge in [-0.25, -0.2) is 0 Å². The molecule has 2 aromatic carbocycles. The van der Waals surface area contributed by atoms with Gasteiger partial charge < -0.3 is 19.5 Å². The molecule has 10 nitrogen and oxygen atoms in total. The summed E-state index contributed by atoms with van der Waals surface area (Å²) in [6.45, 7) is -0.182. The number of carbonyl (C=O) groups excluding carboxylic acids is 1. The number of pyridine rings is 1. The molecular formula is C26H22N6O4. The smallest absolute Gasteiger partial charge is 0.262 e. The third-order valence-corrected chi connectivity index (χ3v) is 5.29. The minimum atomic E-state index is -0.311. The van der Waals surface area contributed by atoms with Crippen molar-refractivity contribution >= 4 is 17.2 Å². The van der Waals surface area contributed by atoms with Gasteiger partial charge in [0.25, 0.3) is 5.91 Å². The van der Waals surface area contributed by atoms with Crippen LogP contribution >= 0.6 is 0 Å². The van der Waals surface area contributed by atoms with Crippen LogP contribution in [0.5, 0.6) is 17.2 Å². The fourth-order valence-electron chi connectivity index (χ4n) is 3.56. The van der Waals surface area contributed by atoms with Crippen molar-refractivity contribution in [3.05, 3.63) is 79.0 Å².